The van der Waals surface area contributed by atoms with Crippen molar-refractivity contribution < 1.29 is 9.53 Å². The number of carbonyl (C=O) groups is 1. The van der Waals surface area contributed by atoms with Crippen molar-refractivity contribution in [2.75, 3.05) is 5.32 Å². The highest BCUT2D eigenvalue weighted by Gasteiger charge is 2.11. The maximum absolute atomic E-state index is 12.5. The smallest absolute Gasteiger partial charge is 0.226 e. The van der Waals surface area contributed by atoms with Gasteiger partial charge in [0.2, 0.25) is 5.91 Å². The van der Waals surface area contributed by atoms with Gasteiger partial charge in [-0.1, -0.05) is 48.0 Å². The van der Waals surface area contributed by atoms with Crippen LogP contribution in [-0.2, 0) is 11.3 Å². The van der Waals surface area contributed by atoms with Gasteiger partial charge in [-0.2, -0.15) is 5.10 Å². The summed E-state index contributed by atoms with van der Waals surface area (Å²) >= 11 is 5.35. The zero-order chi connectivity index (χ0) is 21.6. The number of aromatic amines is 1. The SMILES string of the molecule is Cc1ccc(-c2n[nH]c(=S)n2CCC(=O)Nc2ccc(Oc3ccccc3)cc2)cc1. The van der Waals surface area contributed by atoms with Gasteiger partial charge in [0.05, 0.1) is 0 Å². The summed E-state index contributed by atoms with van der Waals surface area (Å²) in [6.45, 7) is 2.46. The summed E-state index contributed by atoms with van der Waals surface area (Å²) in [5, 5.41) is 10.1. The number of rotatable bonds is 7. The molecule has 3 aromatic carbocycles. The number of hydrogen-bond donors (Lipinski definition) is 2. The van der Waals surface area contributed by atoms with Gasteiger partial charge in [-0.05, 0) is 55.5 Å². The molecule has 0 saturated carbocycles. The lowest BCUT2D eigenvalue weighted by molar-refractivity contribution is -0.116. The molecule has 0 aliphatic heterocycles. The van der Waals surface area contributed by atoms with Crippen LogP contribution in [0, 0.1) is 11.7 Å². The number of hydrogen-bond acceptors (Lipinski definition) is 4. The maximum atomic E-state index is 12.5. The number of ether oxygens (including phenoxy) is 1. The summed E-state index contributed by atoms with van der Waals surface area (Å²) < 4.78 is 8.11. The molecule has 0 bridgehead atoms. The number of anilines is 1. The lowest BCUT2D eigenvalue weighted by atomic mass is 10.1. The number of H-pyrrole nitrogens is 1. The molecule has 1 aromatic heterocycles. The highest BCUT2D eigenvalue weighted by Crippen LogP contribution is 2.23. The first-order valence-corrected chi connectivity index (χ1v) is 10.3. The van der Waals surface area contributed by atoms with Gasteiger partial charge in [0.25, 0.3) is 0 Å². The van der Waals surface area contributed by atoms with Crippen LogP contribution in [-0.4, -0.2) is 20.7 Å². The Kier molecular flexibility index (Phi) is 6.24. The zero-order valence-electron chi connectivity index (χ0n) is 17.0. The molecule has 6 nitrogen and oxygen atoms in total. The maximum Gasteiger partial charge on any atom is 0.226 e. The minimum Gasteiger partial charge on any atom is -0.457 e. The fraction of sp³-hybridized carbons (Fsp3) is 0.125. The molecule has 2 N–H and O–H groups in total. The highest BCUT2D eigenvalue weighted by molar-refractivity contribution is 7.71. The fourth-order valence-corrected chi connectivity index (χ4v) is 3.34. The van der Waals surface area contributed by atoms with E-state index in [-0.39, 0.29) is 12.3 Å². The molecule has 0 spiro atoms. The Hall–Kier alpha value is -3.71. The van der Waals surface area contributed by atoms with Crippen LogP contribution in [0.2, 0.25) is 0 Å². The molecule has 7 heteroatoms. The Morgan fingerprint density at radius 2 is 1.68 bits per heavy atom. The van der Waals surface area contributed by atoms with Crippen molar-refractivity contribution in [2.45, 2.75) is 19.9 Å². The number of aromatic nitrogens is 3. The molecular formula is C24H22N4O2S. The van der Waals surface area contributed by atoms with Gasteiger partial charge in [0.1, 0.15) is 11.5 Å². The van der Waals surface area contributed by atoms with Crippen LogP contribution in [0.25, 0.3) is 11.4 Å². The molecule has 4 rings (SSSR count). The molecule has 0 aliphatic rings. The molecule has 0 aliphatic carbocycles. The molecule has 4 aromatic rings. The standard InChI is InChI=1S/C24H22N4O2S/c1-17-7-9-18(10-8-17)23-26-27-24(31)28(23)16-15-22(29)25-19-11-13-21(14-12-19)30-20-5-3-2-4-6-20/h2-14H,15-16H2,1H3,(H,25,29)(H,27,31). The Labute approximate surface area is 185 Å². The first-order chi connectivity index (χ1) is 15.1. The largest absolute Gasteiger partial charge is 0.457 e. The minimum atomic E-state index is -0.102. The van der Waals surface area contributed by atoms with E-state index in [0.29, 0.717) is 22.8 Å². The van der Waals surface area contributed by atoms with Crippen LogP contribution in [0.3, 0.4) is 0 Å². The van der Waals surface area contributed by atoms with Crippen LogP contribution < -0.4 is 10.1 Å². The quantitative estimate of drug-likeness (QED) is 0.367. The Morgan fingerprint density at radius 1 is 1.00 bits per heavy atom. The number of benzene rings is 3. The lowest BCUT2D eigenvalue weighted by Gasteiger charge is -2.09. The van der Waals surface area contributed by atoms with Crippen molar-refractivity contribution in [2.24, 2.45) is 0 Å². The Morgan fingerprint density at radius 3 is 2.39 bits per heavy atom. The number of carbonyl (C=O) groups excluding carboxylic acids is 1. The molecule has 0 unspecified atom stereocenters. The third kappa shape index (κ3) is 5.26. The van der Waals surface area contributed by atoms with Crippen molar-refractivity contribution in [1.29, 1.82) is 0 Å². The van der Waals surface area contributed by atoms with Crippen molar-refractivity contribution >= 4 is 23.8 Å². The van der Waals surface area contributed by atoms with Gasteiger partial charge in [0, 0.05) is 24.2 Å². The molecule has 1 heterocycles. The van der Waals surface area contributed by atoms with E-state index in [9.17, 15) is 4.79 Å². The third-order valence-electron chi connectivity index (χ3n) is 4.75. The number of nitrogens with zero attached hydrogens (tertiary/aromatic N) is 2. The monoisotopic (exact) mass is 430 g/mol. The van der Waals surface area contributed by atoms with Gasteiger partial charge < -0.3 is 10.1 Å². The second-order valence-electron chi connectivity index (χ2n) is 7.11. The normalized spacial score (nSPS) is 10.6. The molecule has 0 saturated heterocycles. The molecule has 0 radical (unpaired) electrons. The molecule has 1 amide bonds. The number of aryl methyl sites for hydroxylation is 1. The van der Waals surface area contributed by atoms with Crippen LogP contribution in [0.5, 0.6) is 11.5 Å². The van der Waals surface area contributed by atoms with Crippen LogP contribution in [0.4, 0.5) is 5.69 Å². The first kappa shape index (κ1) is 20.6. The van der Waals surface area contributed by atoms with E-state index in [4.69, 9.17) is 17.0 Å². The second kappa shape index (κ2) is 9.40. The van der Waals surface area contributed by atoms with E-state index in [1.54, 1.807) is 0 Å². The van der Waals surface area contributed by atoms with Crippen molar-refractivity contribution in [1.82, 2.24) is 14.8 Å². The molecule has 0 atom stereocenters. The van der Waals surface area contributed by atoms with E-state index in [1.165, 1.54) is 5.56 Å². The van der Waals surface area contributed by atoms with E-state index in [2.05, 4.69) is 15.5 Å². The highest BCUT2D eigenvalue weighted by atomic mass is 32.1. The molecule has 0 fully saturated rings. The predicted octanol–water partition coefficient (Wildman–Crippen LogP) is 5.74. The number of amides is 1. The summed E-state index contributed by atoms with van der Waals surface area (Å²) in [6, 6.07) is 24.9. The van der Waals surface area contributed by atoms with Crippen molar-refractivity contribution in [3.8, 4) is 22.9 Å². The minimum absolute atomic E-state index is 0.102. The van der Waals surface area contributed by atoms with Crippen LogP contribution in [0.1, 0.15) is 12.0 Å². The van der Waals surface area contributed by atoms with Crippen molar-refractivity contribution in [3.63, 3.8) is 0 Å². The fourth-order valence-electron chi connectivity index (χ4n) is 3.12. The molecule has 156 valence electrons. The van der Waals surface area contributed by atoms with Crippen LogP contribution >= 0.6 is 12.2 Å². The lowest BCUT2D eigenvalue weighted by Crippen LogP contribution is -2.15. The average Bonchev–Trinajstić information content (AvgIpc) is 3.15. The Bertz CT molecular complexity index is 1210. The second-order valence-corrected chi connectivity index (χ2v) is 7.49. The first-order valence-electron chi connectivity index (χ1n) is 9.93. The van der Waals surface area contributed by atoms with Gasteiger partial charge >= 0.3 is 0 Å². The summed E-state index contributed by atoms with van der Waals surface area (Å²) in [5.41, 5.74) is 2.83. The van der Waals surface area contributed by atoms with Gasteiger partial charge in [-0.25, -0.2) is 0 Å². The van der Waals surface area contributed by atoms with E-state index >= 15 is 0 Å². The average molecular weight is 431 g/mol. The predicted molar refractivity (Wildman–Crippen MR) is 124 cm³/mol. The number of nitrogens with one attached hydrogen (secondary N) is 2. The Balaban J connectivity index is 1.36. The summed E-state index contributed by atoms with van der Waals surface area (Å²) in [4.78, 5) is 12.5. The molecular weight excluding hydrogens is 408 g/mol. The van der Waals surface area contributed by atoms with E-state index in [0.717, 1.165) is 17.1 Å². The van der Waals surface area contributed by atoms with E-state index < -0.39 is 0 Å². The van der Waals surface area contributed by atoms with Gasteiger partial charge in [-0.15, -0.1) is 0 Å². The summed E-state index contributed by atoms with van der Waals surface area (Å²) in [6.07, 6.45) is 0.273. The van der Waals surface area contributed by atoms with Crippen LogP contribution in [0.15, 0.2) is 78.9 Å². The van der Waals surface area contributed by atoms with Gasteiger partial charge in [-0.3, -0.25) is 14.5 Å². The summed E-state index contributed by atoms with van der Waals surface area (Å²) in [7, 11) is 0. The topological polar surface area (TPSA) is 71.9 Å². The number of para-hydroxylation sites is 1. The van der Waals surface area contributed by atoms with Gasteiger partial charge in [0.15, 0.2) is 10.6 Å². The van der Waals surface area contributed by atoms with Crippen molar-refractivity contribution in [3.05, 3.63) is 89.2 Å². The zero-order valence-corrected chi connectivity index (χ0v) is 17.9. The molecule has 31 heavy (non-hydrogen) atoms. The van der Waals surface area contributed by atoms with E-state index in [1.807, 2.05) is 90.4 Å². The summed E-state index contributed by atoms with van der Waals surface area (Å²) in [5.74, 6) is 2.09. The third-order valence-corrected chi connectivity index (χ3v) is 5.06.